The first-order valence-corrected chi connectivity index (χ1v) is 6.52. The predicted molar refractivity (Wildman–Crippen MR) is 68.6 cm³/mol. The van der Waals surface area contributed by atoms with Gasteiger partial charge in [-0.15, -0.1) is 0 Å². The highest BCUT2D eigenvalue weighted by atomic mass is 16.3. The van der Waals surface area contributed by atoms with E-state index in [1.54, 1.807) is 0 Å². The van der Waals surface area contributed by atoms with Crippen LogP contribution >= 0.6 is 0 Å². The van der Waals surface area contributed by atoms with E-state index in [1.165, 1.54) is 12.8 Å². The average molecular weight is 228 g/mol. The molecule has 2 N–H and O–H groups in total. The zero-order valence-corrected chi connectivity index (χ0v) is 11.3. The van der Waals surface area contributed by atoms with Crippen molar-refractivity contribution in [3.63, 3.8) is 0 Å². The monoisotopic (exact) mass is 228 g/mol. The smallest absolute Gasteiger partial charge is 0.0610 e. The first-order valence-electron chi connectivity index (χ1n) is 6.52. The molecule has 1 aliphatic rings. The second kappa shape index (κ2) is 5.99. The topological polar surface area (TPSA) is 35.5 Å². The molecule has 96 valence electrons. The van der Waals surface area contributed by atoms with Crippen molar-refractivity contribution in [3.05, 3.63) is 0 Å². The van der Waals surface area contributed by atoms with Crippen LogP contribution in [0.1, 0.15) is 39.5 Å². The maximum Gasteiger partial charge on any atom is 0.0610 e. The van der Waals surface area contributed by atoms with E-state index in [2.05, 4.69) is 31.1 Å². The van der Waals surface area contributed by atoms with E-state index in [1.807, 2.05) is 7.05 Å². The standard InChI is InChI=1S/C13H28N2O/c1-11(12-6-7-12)15(4)9-5-8-13(2,10-16)14-3/h11-12,14,16H,5-10H2,1-4H3. The van der Waals surface area contributed by atoms with Crippen molar-refractivity contribution in [2.45, 2.75) is 51.1 Å². The van der Waals surface area contributed by atoms with E-state index < -0.39 is 0 Å². The molecule has 0 bridgehead atoms. The van der Waals surface area contributed by atoms with Gasteiger partial charge in [-0.1, -0.05) is 0 Å². The summed E-state index contributed by atoms with van der Waals surface area (Å²) in [5, 5.41) is 12.5. The van der Waals surface area contributed by atoms with Gasteiger partial charge in [-0.05, 0) is 66.1 Å². The molecule has 1 rings (SSSR count). The van der Waals surface area contributed by atoms with Gasteiger partial charge in [0.2, 0.25) is 0 Å². The molecule has 0 heterocycles. The molecule has 0 aromatic carbocycles. The number of aliphatic hydroxyl groups excluding tert-OH is 1. The molecule has 0 saturated heterocycles. The van der Waals surface area contributed by atoms with E-state index in [0.717, 1.165) is 31.3 Å². The number of nitrogens with zero attached hydrogens (tertiary/aromatic N) is 1. The highest BCUT2D eigenvalue weighted by molar-refractivity contribution is 4.85. The number of nitrogens with one attached hydrogen (secondary N) is 1. The van der Waals surface area contributed by atoms with Gasteiger partial charge in [0.05, 0.1) is 6.61 Å². The molecule has 1 fully saturated rings. The second-order valence-electron chi connectivity index (χ2n) is 5.63. The Labute approximate surface area is 100 Å². The average Bonchev–Trinajstić information content (AvgIpc) is 3.11. The van der Waals surface area contributed by atoms with Crippen LogP contribution in [0.4, 0.5) is 0 Å². The van der Waals surface area contributed by atoms with E-state index in [-0.39, 0.29) is 12.1 Å². The highest BCUT2D eigenvalue weighted by Gasteiger charge is 2.30. The second-order valence-corrected chi connectivity index (χ2v) is 5.63. The first kappa shape index (κ1) is 13.9. The van der Waals surface area contributed by atoms with Crippen molar-refractivity contribution in [1.29, 1.82) is 0 Å². The van der Waals surface area contributed by atoms with E-state index in [0.29, 0.717) is 0 Å². The Bertz CT molecular complexity index is 200. The van der Waals surface area contributed by atoms with Crippen LogP contribution in [0.3, 0.4) is 0 Å². The molecule has 0 aromatic heterocycles. The molecule has 2 unspecified atom stereocenters. The lowest BCUT2D eigenvalue weighted by atomic mass is 9.97. The predicted octanol–water partition coefficient (Wildman–Crippen LogP) is 1.47. The minimum Gasteiger partial charge on any atom is -0.394 e. The number of rotatable bonds is 8. The minimum atomic E-state index is -0.107. The van der Waals surface area contributed by atoms with Gasteiger partial charge in [-0.25, -0.2) is 0 Å². The van der Waals surface area contributed by atoms with Crippen LogP contribution in [0.5, 0.6) is 0 Å². The molecule has 0 radical (unpaired) electrons. The fourth-order valence-electron chi connectivity index (χ4n) is 2.14. The Morgan fingerprint density at radius 3 is 2.56 bits per heavy atom. The highest BCUT2D eigenvalue weighted by Crippen LogP contribution is 2.34. The number of hydrogen-bond acceptors (Lipinski definition) is 3. The molecular weight excluding hydrogens is 200 g/mol. The Morgan fingerprint density at radius 1 is 1.50 bits per heavy atom. The van der Waals surface area contributed by atoms with Crippen molar-refractivity contribution in [2.24, 2.45) is 5.92 Å². The molecule has 1 saturated carbocycles. The van der Waals surface area contributed by atoms with Gasteiger partial charge < -0.3 is 15.3 Å². The Hall–Kier alpha value is -0.120. The Kier molecular flexibility index (Phi) is 5.22. The third-order valence-electron chi connectivity index (χ3n) is 4.19. The number of likely N-dealkylation sites (N-methyl/N-ethyl adjacent to an activating group) is 1. The van der Waals surface area contributed by atoms with E-state index in [4.69, 9.17) is 0 Å². The van der Waals surface area contributed by atoms with Crippen LogP contribution in [0.2, 0.25) is 0 Å². The summed E-state index contributed by atoms with van der Waals surface area (Å²) < 4.78 is 0. The Morgan fingerprint density at radius 2 is 2.12 bits per heavy atom. The third-order valence-corrected chi connectivity index (χ3v) is 4.19. The SMILES string of the molecule is CNC(C)(CO)CCCN(C)C(C)C1CC1. The maximum atomic E-state index is 9.28. The quantitative estimate of drug-likeness (QED) is 0.660. The molecule has 3 nitrogen and oxygen atoms in total. The van der Waals surface area contributed by atoms with Crippen molar-refractivity contribution in [2.75, 3.05) is 27.2 Å². The summed E-state index contributed by atoms with van der Waals surface area (Å²) in [7, 11) is 4.14. The van der Waals surface area contributed by atoms with Gasteiger partial charge in [0.15, 0.2) is 0 Å². The normalized spacial score (nSPS) is 22.1. The molecule has 0 amide bonds. The number of hydrogen-bond donors (Lipinski definition) is 2. The minimum absolute atomic E-state index is 0.107. The largest absolute Gasteiger partial charge is 0.394 e. The Balaban J connectivity index is 2.18. The van der Waals surface area contributed by atoms with Gasteiger partial charge in [0.25, 0.3) is 0 Å². The van der Waals surface area contributed by atoms with Gasteiger partial charge in [0.1, 0.15) is 0 Å². The molecule has 0 aliphatic heterocycles. The van der Waals surface area contributed by atoms with Crippen LogP contribution < -0.4 is 5.32 Å². The van der Waals surface area contributed by atoms with Crippen molar-refractivity contribution in [3.8, 4) is 0 Å². The summed E-state index contributed by atoms with van der Waals surface area (Å²) in [6, 6.07) is 0.731. The fraction of sp³-hybridized carbons (Fsp3) is 1.00. The summed E-state index contributed by atoms with van der Waals surface area (Å²) >= 11 is 0. The van der Waals surface area contributed by atoms with Gasteiger partial charge in [-0.3, -0.25) is 0 Å². The third kappa shape index (κ3) is 4.04. The fourth-order valence-corrected chi connectivity index (χ4v) is 2.14. The van der Waals surface area contributed by atoms with Crippen LogP contribution in [0, 0.1) is 5.92 Å². The molecule has 1 aliphatic carbocycles. The van der Waals surface area contributed by atoms with Crippen LogP contribution in [0.15, 0.2) is 0 Å². The zero-order valence-electron chi connectivity index (χ0n) is 11.3. The zero-order chi connectivity index (χ0) is 12.2. The summed E-state index contributed by atoms with van der Waals surface area (Å²) in [4.78, 5) is 2.46. The molecule has 2 atom stereocenters. The molecule has 3 heteroatoms. The lowest BCUT2D eigenvalue weighted by molar-refractivity contribution is 0.160. The van der Waals surface area contributed by atoms with Crippen molar-refractivity contribution >= 4 is 0 Å². The maximum absolute atomic E-state index is 9.28. The van der Waals surface area contributed by atoms with Gasteiger partial charge >= 0.3 is 0 Å². The lowest BCUT2D eigenvalue weighted by Crippen LogP contribution is -2.44. The molecule has 0 spiro atoms. The van der Waals surface area contributed by atoms with E-state index in [9.17, 15) is 5.11 Å². The van der Waals surface area contributed by atoms with Crippen molar-refractivity contribution < 1.29 is 5.11 Å². The lowest BCUT2D eigenvalue weighted by Gasteiger charge is -2.29. The summed E-state index contributed by atoms with van der Waals surface area (Å²) in [6.45, 7) is 5.76. The molecular formula is C13H28N2O. The van der Waals surface area contributed by atoms with E-state index >= 15 is 0 Å². The first-order chi connectivity index (χ1) is 7.52. The van der Waals surface area contributed by atoms with Crippen LogP contribution in [-0.4, -0.2) is 48.8 Å². The van der Waals surface area contributed by atoms with Crippen molar-refractivity contribution in [1.82, 2.24) is 10.2 Å². The van der Waals surface area contributed by atoms with Gasteiger partial charge in [-0.2, -0.15) is 0 Å². The number of aliphatic hydroxyl groups is 1. The molecule has 0 aromatic rings. The van der Waals surface area contributed by atoms with Gasteiger partial charge in [0, 0.05) is 11.6 Å². The summed E-state index contributed by atoms with van der Waals surface area (Å²) in [5.41, 5.74) is -0.107. The van der Waals surface area contributed by atoms with Crippen LogP contribution in [-0.2, 0) is 0 Å². The summed E-state index contributed by atoms with van der Waals surface area (Å²) in [6.07, 6.45) is 5.00. The summed E-state index contributed by atoms with van der Waals surface area (Å²) in [5.74, 6) is 0.943. The molecule has 16 heavy (non-hydrogen) atoms. The van der Waals surface area contributed by atoms with Crippen LogP contribution in [0.25, 0.3) is 0 Å².